The molecule has 3 atom stereocenters. The van der Waals surface area contributed by atoms with Crippen molar-refractivity contribution in [1.82, 2.24) is 14.7 Å². The van der Waals surface area contributed by atoms with Crippen molar-refractivity contribution in [3.8, 4) is 0 Å². The van der Waals surface area contributed by atoms with Crippen LogP contribution in [-0.2, 0) is 20.9 Å². The zero-order chi connectivity index (χ0) is 18.6. The summed E-state index contributed by atoms with van der Waals surface area (Å²) in [7, 11) is 0. The lowest BCUT2D eigenvalue weighted by molar-refractivity contribution is -0.144. The third-order valence-corrected chi connectivity index (χ3v) is 4.03. The molecular weight excluding hydrogens is 322 g/mol. The van der Waals surface area contributed by atoms with Crippen LogP contribution in [0.15, 0.2) is 12.4 Å². The summed E-state index contributed by atoms with van der Waals surface area (Å²) >= 11 is 0. The van der Waals surface area contributed by atoms with E-state index in [4.69, 9.17) is 10.5 Å². The normalized spacial score (nSPS) is 22.1. The van der Waals surface area contributed by atoms with Gasteiger partial charge in [0.1, 0.15) is 6.54 Å². The highest BCUT2D eigenvalue weighted by Crippen LogP contribution is 2.12. The number of ether oxygens (including phenoxy) is 1. The maximum atomic E-state index is 12.4. The van der Waals surface area contributed by atoms with Gasteiger partial charge in [-0.15, -0.1) is 0 Å². The van der Waals surface area contributed by atoms with Crippen LogP contribution >= 0.6 is 0 Å². The molecule has 8 heteroatoms. The lowest BCUT2D eigenvalue weighted by Crippen LogP contribution is -2.49. The molecule has 2 unspecified atom stereocenters. The molecule has 0 radical (unpaired) electrons. The van der Waals surface area contributed by atoms with E-state index >= 15 is 0 Å². The van der Waals surface area contributed by atoms with Crippen molar-refractivity contribution in [3.05, 3.63) is 12.4 Å². The fourth-order valence-electron chi connectivity index (χ4n) is 2.98. The van der Waals surface area contributed by atoms with Crippen molar-refractivity contribution >= 4 is 17.5 Å². The van der Waals surface area contributed by atoms with Crippen LogP contribution in [0.2, 0.25) is 0 Å². The standard InChI is InChI=1S/C17H29N5O3/c1-11(2)5-15(18)17(24)20-14-6-19-22(9-14)10-16(23)21-7-12(3)25-13(4)8-21/h6,9,11-13,15H,5,7-8,10,18H2,1-4H3,(H,20,24)/t12?,13?,15-/m0/s1. The third-order valence-electron chi connectivity index (χ3n) is 4.03. The SMILES string of the molecule is CC(C)C[C@H](N)C(=O)Nc1cnn(CC(=O)N2CC(C)OC(C)C2)c1. The van der Waals surface area contributed by atoms with Gasteiger partial charge in [-0.25, -0.2) is 0 Å². The predicted molar refractivity (Wildman–Crippen MR) is 94.9 cm³/mol. The smallest absolute Gasteiger partial charge is 0.244 e. The summed E-state index contributed by atoms with van der Waals surface area (Å²) in [5.41, 5.74) is 6.41. The molecule has 1 aliphatic rings. The minimum Gasteiger partial charge on any atom is -0.372 e. The van der Waals surface area contributed by atoms with Gasteiger partial charge >= 0.3 is 0 Å². The van der Waals surface area contributed by atoms with Gasteiger partial charge in [0.2, 0.25) is 11.8 Å². The maximum absolute atomic E-state index is 12.4. The van der Waals surface area contributed by atoms with Gasteiger partial charge in [-0.05, 0) is 26.2 Å². The number of carbonyl (C=O) groups excluding carboxylic acids is 2. The Labute approximate surface area is 148 Å². The molecule has 1 aromatic heterocycles. The first-order chi connectivity index (χ1) is 11.7. The number of rotatable bonds is 6. The number of anilines is 1. The number of hydrogen-bond donors (Lipinski definition) is 2. The van der Waals surface area contributed by atoms with Gasteiger partial charge in [0.15, 0.2) is 0 Å². The van der Waals surface area contributed by atoms with Gasteiger partial charge in [-0.2, -0.15) is 5.10 Å². The molecule has 1 saturated heterocycles. The Bertz CT molecular complexity index is 591. The van der Waals surface area contributed by atoms with Crippen LogP contribution < -0.4 is 11.1 Å². The summed E-state index contributed by atoms with van der Waals surface area (Å²) in [5.74, 6) is 0.0919. The first-order valence-electron chi connectivity index (χ1n) is 8.76. The minimum atomic E-state index is -0.554. The fraction of sp³-hybridized carbons (Fsp3) is 0.706. The van der Waals surface area contributed by atoms with Crippen LogP contribution in [0.25, 0.3) is 0 Å². The quantitative estimate of drug-likeness (QED) is 0.790. The average molecular weight is 351 g/mol. The lowest BCUT2D eigenvalue weighted by Gasteiger charge is -2.35. The van der Waals surface area contributed by atoms with Crippen LogP contribution in [0, 0.1) is 5.92 Å². The molecule has 1 aliphatic heterocycles. The second kappa shape index (κ2) is 8.44. The highest BCUT2D eigenvalue weighted by molar-refractivity contribution is 5.94. The van der Waals surface area contributed by atoms with Crippen LogP contribution in [0.5, 0.6) is 0 Å². The molecule has 2 rings (SSSR count). The summed E-state index contributed by atoms with van der Waals surface area (Å²) in [6.07, 6.45) is 3.85. The molecule has 1 fully saturated rings. The van der Waals surface area contributed by atoms with Gasteiger partial charge < -0.3 is 20.7 Å². The van der Waals surface area contributed by atoms with Crippen LogP contribution in [0.1, 0.15) is 34.1 Å². The molecule has 0 bridgehead atoms. The summed E-state index contributed by atoms with van der Waals surface area (Å²) in [6.45, 7) is 9.24. The summed E-state index contributed by atoms with van der Waals surface area (Å²) in [5, 5.41) is 6.89. The van der Waals surface area contributed by atoms with Crippen LogP contribution in [0.3, 0.4) is 0 Å². The zero-order valence-corrected chi connectivity index (χ0v) is 15.4. The number of nitrogens with one attached hydrogen (secondary N) is 1. The van der Waals surface area contributed by atoms with E-state index < -0.39 is 6.04 Å². The fourth-order valence-corrected chi connectivity index (χ4v) is 2.98. The Morgan fingerprint density at radius 2 is 2.00 bits per heavy atom. The van der Waals surface area contributed by atoms with E-state index in [1.165, 1.54) is 10.9 Å². The monoisotopic (exact) mass is 351 g/mol. The molecule has 1 aromatic rings. The second-order valence-corrected chi connectivity index (χ2v) is 7.21. The average Bonchev–Trinajstić information content (AvgIpc) is 2.92. The van der Waals surface area contributed by atoms with E-state index in [1.807, 2.05) is 27.7 Å². The summed E-state index contributed by atoms with van der Waals surface area (Å²) in [4.78, 5) is 26.2. The number of hydrogen-bond acceptors (Lipinski definition) is 5. The largest absolute Gasteiger partial charge is 0.372 e. The molecule has 140 valence electrons. The first kappa shape index (κ1) is 19.4. The van der Waals surface area contributed by atoms with Crippen LogP contribution in [0.4, 0.5) is 5.69 Å². The first-order valence-corrected chi connectivity index (χ1v) is 8.76. The number of nitrogens with zero attached hydrogens (tertiary/aromatic N) is 3. The Morgan fingerprint density at radius 3 is 2.60 bits per heavy atom. The second-order valence-electron chi connectivity index (χ2n) is 7.21. The van der Waals surface area contributed by atoms with Crippen molar-refractivity contribution in [2.75, 3.05) is 18.4 Å². The Balaban J connectivity index is 1.88. The zero-order valence-electron chi connectivity index (χ0n) is 15.4. The van der Waals surface area contributed by atoms with Crippen LogP contribution in [-0.4, -0.2) is 57.8 Å². The van der Waals surface area contributed by atoms with E-state index in [2.05, 4.69) is 10.4 Å². The van der Waals surface area contributed by atoms with Gasteiger partial charge in [0, 0.05) is 19.3 Å². The number of carbonyl (C=O) groups is 2. The predicted octanol–water partition coefficient (Wildman–Crippen LogP) is 0.831. The van der Waals surface area contributed by atoms with Gasteiger partial charge in [0.05, 0.1) is 30.1 Å². The molecule has 8 nitrogen and oxygen atoms in total. The topological polar surface area (TPSA) is 102 Å². The van der Waals surface area contributed by atoms with E-state index in [1.54, 1.807) is 11.1 Å². The summed E-state index contributed by atoms with van der Waals surface area (Å²) in [6, 6.07) is -0.554. The molecule has 0 saturated carbocycles. The Hall–Kier alpha value is -1.93. The van der Waals surface area contributed by atoms with Crippen molar-refractivity contribution in [2.45, 2.75) is 58.9 Å². The number of amides is 2. The number of aromatic nitrogens is 2. The Morgan fingerprint density at radius 1 is 1.36 bits per heavy atom. The van der Waals surface area contributed by atoms with Crippen molar-refractivity contribution in [1.29, 1.82) is 0 Å². The molecule has 0 aromatic carbocycles. The van der Waals surface area contributed by atoms with Gasteiger partial charge in [0.25, 0.3) is 0 Å². The highest BCUT2D eigenvalue weighted by atomic mass is 16.5. The van der Waals surface area contributed by atoms with Crippen molar-refractivity contribution in [2.24, 2.45) is 11.7 Å². The minimum absolute atomic E-state index is 0.0144. The lowest BCUT2D eigenvalue weighted by atomic mass is 10.0. The summed E-state index contributed by atoms with van der Waals surface area (Å²) < 4.78 is 7.16. The third kappa shape index (κ3) is 5.82. The van der Waals surface area contributed by atoms with Crippen molar-refractivity contribution in [3.63, 3.8) is 0 Å². The molecule has 0 spiro atoms. The molecular formula is C17H29N5O3. The van der Waals surface area contributed by atoms with E-state index in [0.29, 0.717) is 31.1 Å². The van der Waals surface area contributed by atoms with Gasteiger partial charge in [-0.3, -0.25) is 14.3 Å². The molecule has 2 heterocycles. The molecule has 3 N–H and O–H groups in total. The van der Waals surface area contributed by atoms with E-state index in [-0.39, 0.29) is 30.6 Å². The number of morpholine rings is 1. The highest BCUT2D eigenvalue weighted by Gasteiger charge is 2.26. The Kier molecular flexibility index (Phi) is 6.55. The molecule has 2 amide bonds. The van der Waals surface area contributed by atoms with Gasteiger partial charge in [-0.1, -0.05) is 13.8 Å². The molecule has 25 heavy (non-hydrogen) atoms. The maximum Gasteiger partial charge on any atom is 0.244 e. The molecule has 0 aliphatic carbocycles. The number of nitrogens with two attached hydrogens (primary N) is 1. The van der Waals surface area contributed by atoms with E-state index in [0.717, 1.165) is 0 Å². The van der Waals surface area contributed by atoms with E-state index in [9.17, 15) is 9.59 Å². The van der Waals surface area contributed by atoms with Crippen molar-refractivity contribution < 1.29 is 14.3 Å².